The molecule has 1 saturated carbocycles. The van der Waals surface area contributed by atoms with Crippen LogP contribution in [-0.4, -0.2) is 65.1 Å². The summed E-state index contributed by atoms with van der Waals surface area (Å²) >= 11 is 0. The molecule has 7 heteroatoms. The first-order valence-corrected chi connectivity index (χ1v) is 10.2. The third-order valence-electron chi connectivity index (χ3n) is 5.84. The molecule has 2 amide bonds. The minimum Gasteiger partial charge on any atom is -0.480 e. The van der Waals surface area contributed by atoms with Crippen molar-refractivity contribution in [3.63, 3.8) is 0 Å². The topological polar surface area (TPSA) is 75.6 Å². The predicted octanol–water partition coefficient (Wildman–Crippen LogP) is 2.63. The van der Waals surface area contributed by atoms with Crippen LogP contribution in [-0.2, 0) is 4.79 Å². The van der Waals surface area contributed by atoms with E-state index in [0.717, 1.165) is 31.2 Å². The van der Waals surface area contributed by atoms with Crippen molar-refractivity contribution >= 4 is 11.8 Å². The smallest absolute Gasteiger partial charge is 0.253 e. The maximum absolute atomic E-state index is 13.0. The summed E-state index contributed by atoms with van der Waals surface area (Å²) in [6.45, 7) is 2.38. The average Bonchev–Trinajstić information content (AvgIpc) is 3.33. The Balaban J connectivity index is 1.40. The number of methoxy groups -OCH3 is 1. The zero-order chi connectivity index (χ0) is 20.2. The highest BCUT2D eigenvalue weighted by Gasteiger charge is 2.30. The Morgan fingerprint density at radius 2 is 1.69 bits per heavy atom. The molecule has 1 aromatic heterocycles. The highest BCUT2D eigenvalue weighted by Crippen LogP contribution is 2.27. The first-order valence-electron chi connectivity index (χ1n) is 10.2. The van der Waals surface area contributed by atoms with E-state index in [1.807, 2.05) is 40.1 Å². The van der Waals surface area contributed by atoms with Gasteiger partial charge in [-0.05, 0) is 31.0 Å². The molecule has 2 aromatic rings. The highest BCUT2D eigenvalue weighted by atomic mass is 16.5. The molecule has 152 valence electrons. The molecule has 0 spiro atoms. The molecule has 1 aliphatic heterocycles. The van der Waals surface area contributed by atoms with Crippen LogP contribution in [0.3, 0.4) is 0 Å². The Bertz CT molecular complexity index is 870. The van der Waals surface area contributed by atoms with Crippen LogP contribution in [0.1, 0.15) is 36.0 Å². The van der Waals surface area contributed by atoms with Crippen LogP contribution >= 0.6 is 0 Å². The largest absolute Gasteiger partial charge is 0.480 e. The molecular weight excluding hydrogens is 368 g/mol. The van der Waals surface area contributed by atoms with E-state index in [2.05, 4.69) is 10.2 Å². The number of carbonyl (C=O) groups excluding carboxylic acids is 2. The molecule has 1 saturated heterocycles. The van der Waals surface area contributed by atoms with Crippen LogP contribution in [0.25, 0.3) is 11.3 Å². The highest BCUT2D eigenvalue weighted by molar-refractivity contribution is 5.95. The first kappa shape index (κ1) is 19.4. The van der Waals surface area contributed by atoms with Gasteiger partial charge in [0.2, 0.25) is 11.8 Å². The van der Waals surface area contributed by atoms with Gasteiger partial charge in [0.15, 0.2) is 0 Å². The van der Waals surface area contributed by atoms with Gasteiger partial charge >= 0.3 is 0 Å². The van der Waals surface area contributed by atoms with E-state index in [-0.39, 0.29) is 17.7 Å². The summed E-state index contributed by atoms with van der Waals surface area (Å²) in [7, 11) is 1.55. The van der Waals surface area contributed by atoms with Crippen LogP contribution in [0.2, 0.25) is 0 Å². The van der Waals surface area contributed by atoms with Gasteiger partial charge in [0.05, 0.1) is 12.8 Å². The van der Waals surface area contributed by atoms with Crippen molar-refractivity contribution in [1.82, 2.24) is 20.0 Å². The van der Waals surface area contributed by atoms with E-state index in [1.165, 1.54) is 0 Å². The number of hydrogen-bond acceptors (Lipinski definition) is 5. The standard InChI is InChI=1S/C22H26N4O3/c1-29-20-10-9-19(23-24-20)17-7-4-8-18(15-17)22(28)26-13-11-25(12-14-26)21(27)16-5-2-3-6-16/h4,7-10,15-16H,2-3,5-6,11-14H2,1H3. The monoisotopic (exact) mass is 394 g/mol. The zero-order valence-corrected chi connectivity index (χ0v) is 16.7. The number of piperazine rings is 1. The SMILES string of the molecule is COc1ccc(-c2cccc(C(=O)N3CCN(C(=O)C4CCCC4)CC3)c2)nn1. The summed E-state index contributed by atoms with van der Waals surface area (Å²) in [6, 6.07) is 11.0. The van der Waals surface area contributed by atoms with Gasteiger partial charge in [0.25, 0.3) is 5.91 Å². The number of carbonyl (C=O) groups is 2. The first-order chi connectivity index (χ1) is 14.2. The molecular formula is C22H26N4O3. The van der Waals surface area contributed by atoms with Crippen molar-refractivity contribution in [3.05, 3.63) is 42.0 Å². The lowest BCUT2D eigenvalue weighted by atomic mass is 10.1. The second kappa shape index (κ2) is 8.59. The van der Waals surface area contributed by atoms with Crippen molar-refractivity contribution in [2.45, 2.75) is 25.7 Å². The fourth-order valence-corrected chi connectivity index (χ4v) is 4.14. The quantitative estimate of drug-likeness (QED) is 0.797. The van der Waals surface area contributed by atoms with Crippen molar-refractivity contribution < 1.29 is 14.3 Å². The summed E-state index contributed by atoms with van der Waals surface area (Å²) in [5.74, 6) is 0.904. The number of hydrogen-bond donors (Lipinski definition) is 0. The van der Waals surface area contributed by atoms with Gasteiger partial charge in [-0.25, -0.2) is 0 Å². The van der Waals surface area contributed by atoms with Crippen LogP contribution in [0.4, 0.5) is 0 Å². The summed E-state index contributed by atoms with van der Waals surface area (Å²) in [6.07, 6.45) is 4.34. The van der Waals surface area contributed by atoms with Gasteiger partial charge in [0.1, 0.15) is 0 Å². The molecule has 1 aromatic carbocycles. The maximum Gasteiger partial charge on any atom is 0.253 e. The average molecular weight is 394 g/mol. The number of amides is 2. The van der Waals surface area contributed by atoms with Gasteiger partial charge in [-0.2, -0.15) is 0 Å². The normalized spacial score (nSPS) is 17.4. The lowest BCUT2D eigenvalue weighted by Crippen LogP contribution is -2.51. The van der Waals surface area contributed by atoms with Gasteiger partial charge in [-0.15, -0.1) is 10.2 Å². The molecule has 4 rings (SSSR count). The van der Waals surface area contributed by atoms with E-state index in [4.69, 9.17) is 4.74 Å². The Hall–Kier alpha value is -2.96. The van der Waals surface area contributed by atoms with Gasteiger partial charge in [-0.3, -0.25) is 9.59 Å². The predicted molar refractivity (Wildman–Crippen MR) is 108 cm³/mol. The van der Waals surface area contributed by atoms with Crippen LogP contribution in [0, 0.1) is 5.92 Å². The second-order valence-corrected chi connectivity index (χ2v) is 7.64. The molecule has 0 N–H and O–H groups in total. The van der Waals surface area contributed by atoms with E-state index in [0.29, 0.717) is 43.3 Å². The fourth-order valence-electron chi connectivity index (χ4n) is 4.14. The Morgan fingerprint density at radius 1 is 0.966 bits per heavy atom. The molecule has 29 heavy (non-hydrogen) atoms. The zero-order valence-electron chi connectivity index (χ0n) is 16.7. The Kier molecular flexibility index (Phi) is 5.74. The third kappa shape index (κ3) is 4.23. The molecule has 2 fully saturated rings. The van der Waals surface area contributed by atoms with Gasteiger partial charge in [-0.1, -0.05) is 25.0 Å². The lowest BCUT2D eigenvalue weighted by Gasteiger charge is -2.36. The number of nitrogens with zero attached hydrogens (tertiary/aromatic N) is 4. The van der Waals surface area contributed by atoms with Crippen LogP contribution in [0.5, 0.6) is 5.88 Å². The molecule has 2 aliphatic rings. The molecule has 2 heterocycles. The van der Waals surface area contributed by atoms with Crippen molar-refractivity contribution in [2.24, 2.45) is 5.92 Å². The molecule has 0 unspecified atom stereocenters. The van der Waals surface area contributed by atoms with Crippen molar-refractivity contribution in [2.75, 3.05) is 33.3 Å². The number of benzene rings is 1. The number of rotatable bonds is 4. The van der Waals surface area contributed by atoms with E-state index in [9.17, 15) is 9.59 Å². The summed E-state index contributed by atoms with van der Waals surface area (Å²) in [4.78, 5) is 29.3. The Labute approximate surface area is 170 Å². The molecule has 0 radical (unpaired) electrons. The van der Waals surface area contributed by atoms with E-state index < -0.39 is 0 Å². The summed E-state index contributed by atoms with van der Waals surface area (Å²) < 4.78 is 5.04. The van der Waals surface area contributed by atoms with Crippen LogP contribution < -0.4 is 4.74 Å². The third-order valence-corrected chi connectivity index (χ3v) is 5.84. The number of ether oxygens (including phenoxy) is 1. The summed E-state index contributed by atoms with van der Waals surface area (Å²) in [5, 5.41) is 8.15. The van der Waals surface area contributed by atoms with Crippen molar-refractivity contribution in [3.8, 4) is 17.1 Å². The molecule has 0 bridgehead atoms. The molecule has 0 atom stereocenters. The number of aromatic nitrogens is 2. The van der Waals surface area contributed by atoms with E-state index in [1.54, 1.807) is 13.2 Å². The van der Waals surface area contributed by atoms with Gasteiger partial charge < -0.3 is 14.5 Å². The van der Waals surface area contributed by atoms with Gasteiger partial charge in [0, 0.05) is 49.3 Å². The minimum atomic E-state index is -0.0127. The second-order valence-electron chi connectivity index (χ2n) is 7.64. The van der Waals surface area contributed by atoms with Crippen LogP contribution in [0.15, 0.2) is 36.4 Å². The maximum atomic E-state index is 13.0. The molecule has 7 nitrogen and oxygen atoms in total. The summed E-state index contributed by atoms with van der Waals surface area (Å²) in [5.41, 5.74) is 2.14. The fraction of sp³-hybridized carbons (Fsp3) is 0.455. The lowest BCUT2D eigenvalue weighted by molar-refractivity contribution is -0.136. The van der Waals surface area contributed by atoms with Crippen molar-refractivity contribution in [1.29, 1.82) is 0 Å². The minimum absolute atomic E-state index is 0.0127. The molecule has 1 aliphatic carbocycles. The Morgan fingerprint density at radius 3 is 2.34 bits per heavy atom. The van der Waals surface area contributed by atoms with E-state index >= 15 is 0 Å².